The van der Waals surface area contributed by atoms with E-state index in [1.165, 1.54) is 5.56 Å². The predicted octanol–water partition coefficient (Wildman–Crippen LogP) is 2.11. The van der Waals surface area contributed by atoms with E-state index in [-0.39, 0.29) is 5.75 Å². The van der Waals surface area contributed by atoms with Gasteiger partial charge in [-0.25, -0.2) is 12.7 Å². The number of sulfonamides is 1. The van der Waals surface area contributed by atoms with E-state index in [1.807, 2.05) is 0 Å². The quantitative estimate of drug-likeness (QED) is 0.616. The molecule has 0 saturated carbocycles. The number of hydrogen-bond acceptors (Lipinski definition) is 3. The number of aliphatic imine (C=N–C) groups is 1. The summed E-state index contributed by atoms with van der Waals surface area (Å²) in [5.41, 5.74) is 1.42. The van der Waals surface area contributed by atoms with Crippen LogP contribution >= 0.6 is 0 Å². The Hall–Kier alpha value is -1.60. The third kappa shape index (κ3) is 5.02. The zero-order chi connectivity index (χ0) is 19.3. The first kappa shape index (κ1) is 20.1. The van der Waals surface area contributed by atoms with Crippen molar-refractivity contribution in [2.24, 2.45) is 10.9 Å². The molecule has 3 rings (SSSR count). The molecule has 2 heterocycles. The molecule has 150 valence electrons. The molecule has 0 aromatic heterocycles. The van der Waals surface area contributed by atoms with Crippen LogP contribution in [-0.2, 0) is 10.0 Å². The number of nitrogens with zero attached hydrogens (tertiary/aromatic N) is 3. The molecule has 0 radical (unpaired) electrons. The first-order valence-corrected chi connectivity index (χ1v) is 11.7. The van der Waals surface area contributed by atoms with Crippen molar-refractivity contribution in [3.63, 3.8) is 0 Å². The minimum atomic E-state index is -3.04. The van der Waals surface area contributed by atoms with Gasteiger partial charge in [-0.3, -0.25) is 4.99 Å². The van der Waals surface area contributed by atoms with Crippen LogP contribution in [0.2, 0.25) is 0 Å². The van der Waals surface area contributed by atoms with Gasteiger partial charge >= 0.3 is 0 Å². The van der Waals surface area contributed by atoms with Gasteiger partial charge < -0.3 is 10.2 Å². The SMILES string of the molecule is CCNC(=NCCN1CCCS1(=O)=O)N1CCC(c2ccccc2)C(C)C1. The summed E-state index contributed by atoms with van der Waals surface area (Å²) in [6.07, 6.45) is 1.84. The summed E-state index contributed by atoms with van der Waals surface area (Å²) in [5, 5.41) is 3.38. The predicted molar refractivity (Wildman–Crippen MR) is 110 cm³/mol. The van der Waals surface area contributed by atoms with Crippen molar-refractivity contribution in [1.82, 2.24) is 14.5 Å². The van der Waals surface area contributed by atoms with E-state index in [2.05, 4.69) is 54.4 Å². The molecule has 1 aromatic rings. The second-order valence-electron chi connectivity index (χ2n) is 7.53. The highest BCUT2D eigenvalue weighted by Crippen LogP contribution is 2.32. The molecule has 7 heteroatoms. The number of hydrogen-bond donors (Lipinski definition) is 1. The fraction of sp³-hybridized carbons (Fsp3) is 0.650. The largest absolute Gasteiger partial charge is 0.357 e. The van der Waals surface area contributed by atoms with Gasteiger partial charge in [-0.15, -0.1) is 0 Å². The first-order valence-electron chi connectivity index (χ1n) is 10.1. The Morgan fingerprint density at radius 3 is 2.67 bits per heavy atom. The van der Waals surface area contributed by atoms with E-state index in [0.29, 0.717) is 31.5 Å². The number of nitrogens with one attached hydrogen (secondary N) is 1. The smallest absolute Gasteiger partial charge is 0.214 e. The zero-order valence-electron chi connectivity index (χ0n) is 16.5. The standard InChI is InChI=1S/C20H32N4O2S/c1-3-21-20(22-11-14-24-12-7-15-27(24,25)26)23-13-10-19(17(2)16-23)18-8-5-4-6-9-18/h4-6,8-9,17,19H,3,7,10-16H2,1-2H3,(H,21,22). The Balaban J connectivity index is 1.60. The topological polar surface area (TPSA) is 65.0 Å². The number of piperidine rings is 1. The van der Waals surface area contributed by atoms with Crippen LogP contribution in [0.1, 0.15) is 38.2 Å². The lowest BCUT2D eigenvalue weighted by Gasteiger charge is -2.39. The molecule has 2 unspecified atom stereocenters. The van der Waals surface area contributed by atoms with Crippen LogP contribution in [0.15, 0.2) is 35.3 Å². The van der Waals surface area contributed by atoms with Crippen LogP contribution < -0.4 is 5.32 Å². The number of rotatable bonds is 5. The molecular formula is C20H32N4O2S. The van der Waals surface area contributed by atoms with Crippen molar-refractivity contribution in [3.8, 4) is 0 Å². The van der Waals surface area contributed by atoms with Crippen LogP contribution in [0.5, 0.6) is 0 Å². The summed E-state index contributed by atoms with van der Waals surface area (Å²) in [6.45, 7) is 8.75. The van der Waals surface area contributed by atoms with Gasteiger partial charge in [0.2, 0.25) is 10.0 Å². The molecule has 6 nitrogen and oxygen atoms in total. The van der Waals surface area contributed by atoms with Gasteiger partial charge in [-0.1, -0.05) is 37.3 Å². The van der Waals surface area contributed by atoms with Crippen molar-refractivity contribution in [3.05, 3.63) is 35.9 Å². The molecule has 0 amide bonds. The Morgan fingerprint density at radius 2 is 2.04 bits per heavy atom. The van der Waals surface area contributed by atoms with Gasteiger partial charge in [0.15, 0.2) is 5.96 Å². The number of benzene rings is 1. The molecule has 27 heavy (non-hydrogen) atoms. The van der Waals surface area contributed by atoms with Crippen LogP contribution in [0, 0.1) is 5.92 Å². The highest BCUT2D eigenvalue weighted by molar-refractivity contribution is 7.89. The zero-order valence-corrected chi connectivity index (χ0v) is 17.3. The third-order valence-electron chi connectivity index (χ3n) is 5.58. The minimum Gasteiger partial charge on any atom is -0.357 e. The summed E-state index contributed by atoms with van der Waals surface area (Å²) >= 11 is 0. The number of likely N-dealkylation sites (tertiary alicyclic amines) is 1. The maximum atomic E-state index is 11.9. The average molecular weight is 393 g/mol. The lowest BCUT2D eigenvalue weighted by molar-refractivity contribution is 0.234. The van der Waals surface area contributed by atoms with E-state index in [9.17, 15) is 8.42 Å². The van der Waals surface area contributed by atoms with Crippen molar-refractivity contribution < 1.29 is 8.42 Å². The van der Waals surface area contributed by atoms with Gasteiger partial charge in [0.25, 0.3) is 0 Å². The second-order valence-corrected chi connectivity index (χ2v) is 9.62. The molecule has 2 atom stereocenters. The van der Waals surface area contributed by atoms with Crippen molar-refractivity contribution >= 4 is 16.0 Å². The highest BCUT2D eigenvalue weighted by atomic mass is 32.2. The van der Waals surface area contributed by atoms with Crippen LogP contribution in [0.3, 0.4) is 0 Å². The van der Waals surface area contributed by atoms with Crippen molar-refractivity contribution in [1.29, 1.82) is 0 Å². The Labute approximate surface area is 163 Å². The average Bonchev–Trinajstić information content (AvgIpc) is 3.00. The second kappa shape index (κ2) is 9.06. The minimum absolute atomic E-state index is 0.279. The first-order chi connectivity index (χ1) is 13.0. The lowest BCUT2D eigenvalue weighted by atomic mass is 9.82. The maximum absolute atomic E-state index is 11.9. The van der Waals surface area contributed by atoms with Crippen LogP contribution in [0.25, 0.3) is 0 Å². The molecule has 0 spiro atoms. The molecule has 0 bridgehead atoms. The van der Waals surface area contributed by atoms with Gasteiger partial charge in [0.05, 0.1) is 12.3 Å². The van der Waals surface area contributed by atoms with E-state index in [0.717, 1.165) is 38.4 Å². The van der Waals surface area contributed by atoms with Crippen LogP contribution in [-0.4, -0.2) is 68.6 Å². The van der Waals surface area contributed by atoms with E-state index in [4.69, 9.17) is 4.99 Å². The van der Waals surface area contributed by atoms with Crippen molar-refractivity contribution in [2.45, 2.75) is 32.6 Å². The van der Waals surface area contributed by atoms with Gasteiger partial charge in [-0.05, 0) is 37.2 Å². The van der Waals surface area contributed by atoms with Gasteiger partial charge in [0.1, 0.15) is 0 Å². The molecule has 0 aliphatic carbocycles. The third-order valence-corrected chi connectivity index (χ3v) is 7.54. The summed E-state index contributed by atoms with van der Waals surface area (Å²) in [5.74, 6) is 2.32. The van der Waals surface area contributed by atoms with E-state index in [1.54, 1.807) is 4.31 Å². The molecule has 2 aliphatic rings. The summed E-state index contributed by atoms with van der Waals surface area (Å²) in [7, 11) is -3.04. The van der Waals surface area contributed by atoms with Gasteiger partial charge in [0, 0.05) is 32.7 Å². The number of guanidine groups is 1. The lowest BCUT2D eigenvalue weighted by Crippen LogP contribution is -2.48. The fourth-order valence-corrected chi connectivity index (χ4v) is 5.69. The Bertz CT molecular complexity index is 736. The Morgan fingerprint density at radius 1 is 1.26 bits per heavy atom. The molecule has 2 saturated heterocycles. The van der Waals surface area contributed by atoms with Crippen molar-refractivity contribution in [2.75, 3.05) is 45.0 Å². The maximum Gasteiger partial charge on any atom is 0.214 e. The van der Waals surface area contributed by atoms with E-state index < -0.39 is 10.0 Å². The molecule has 1 N–H and O–H groups in total. The fourth-order valence-electron chi connectivity index (χ4n) is 4.17. The Kier molecular flexibility index (Phi) is 6.76. The normalized spacial score (nSPS) is 26.3. The summed E-state index contributed by atoms with van der Waals surface area (Å²) in [6, 6.07) is 10.8. The molecule has 2 aliphatic heterocycles. The molecular weight excluding hydrogens is 360 g/mol. The van der Waals surface area contributed by atoms with E-state index >= 15 is 0 Å². The van der Waals surface area contributed by atoms with Crippen LogP contribution in [0.4, 0.5) is 0 Å². The van der Waals surface area contributed by atoms with Gasteiger partial charge in [-0.2, -0.15) is 0 Å². The molecule has 2 fully saturated rings. The highest BCUT2D eigenvalue weighted by Gasteiger charge is 2.29. The monoisotopic (exact) mass is 392 g/mol. The summed E-state index contributed by atoms with van der Waals surface area (Å²) < 4.78 is 25.4. The summed E-state index contributed by atoms with van der Waals surface area (Å²) in [4.78, 5) is 7.05. The molecule has 1 aromatic carbocycles.